The predicted octanol–water partition coefficient (Wildman–Crippen LogP) is 4.04. The van der Waals surface area contributed by atoms with Gasteiger partial charge in [0.1, 0.15) is 12.3 Å². The highest BCUT2D eigenvalue weighted by Gasteiger charge is 2.27. The number of para-hydroxylation sites is 1. The molecule has 3 aromatic rings. The van der Waals surface area contributed by atoms with E-state index >= 15 is 0 Å². The highest BCUT2D eigenvalue weighted by atomic mass is 127. The first-order chi connectivity index (χ1) is 15.3. The van der Waals surface area contributed by atoms with Crippen LogP contribution in [-0.4, -0.2) is 33.7 Å². The smallest absolute Gasteiger partial charge is 0.264 e. The lowest BCUT2D eigenvalue weighted by molar-refractivity contribution is -0.119. The predicted molar refractivity (Wildman–Crippen MR) is 133 cm³/mol. The molecule has 7 nitrogen and oxygen atoms in total. The molecular weight excluding hydrogens is 541 g/mol. The summed E-state index contributed by atoms with van der Waals surface area (Å²) in [5, 5.41) is 4.14. The Morgan fingerprint density at radius 2 is 1.72 bits per heavy atom. The third-order valence-electron chi connectivity index (χ3n) is 4.57. The van der Waals surface area contributed by atoms with Crippen molar-refractivity contribution in [3.63, 3.8) is 0 Å². The molecule has 0 aromatic heterocycles. The van der Waals surface area contributed by atoms with Crippen LogP contribution >= 0.6 is 22.6 Å². The number of hydrogen-bond acceptors (Lipinski definition) is 5. The number of halogens is 1. The minimum Gasteiger partial charge on any atom is -0.497 e. The van der Waals surface area contributed by atoms with E-state index in [1.54, 1.807) is 49.4 Å². The van der Waals surface area contributed by atoms with Gasteiger partial charge in [0.15, 0.2) is 0 Å². The van der Waals surface area contributed by atoms with Crippen LogP contribution in [0.2, 0.25) is 0 Å². The maximum absolute atomic E-state index is 13.3. The van der Waals surface area contributed by atoms with Crippen LogP contribution in [0.4, 0.5) is 5.69 Å². The molecule has 0 bridgehead atoms. The van der Waals surface area contributed by atoms with E-state index in [1.165, 1.54) is 19.2 Å². The average molecular weight is 563 g/mol. The molecule has 0 spiro atoms. The van der Waals surface area contributed by atoms with Gasteiger partial charge in [0.2, 0.25) is 0 Å². The van der Waals surface area contributed by atoms with E-state index in [9.17, 15) is 13.2 Å². The van der Waals surface area contributed by atoms with Crippen molar-refractivity contribution in [1.82, 2.24) is 5.43 Å². The molecule has 0 heterocycles. The van der Waals surface area contributed by atoms with Gasteiger partial charge >= 0.3 is 0 Å². The van der Waals surface area contributed by atoms with Gasteiger partial charge in [-0.1, -0.05) is 30.3 Å². The zero-order valence-corrected chi connectivity index (χ0v) is 20.5. The van der Waals surface area contributed by atoms with Crippen LogP contribution in [0, 0.1) is 3.57 Å². The number of carbonyl (C=O) groups excluding carboxylic acids is 1. The minimum atomic E-state index is -4.00. The number of ether oxygens (including phenoxy) is 1. The molecule has 0 fully saturated rings. The van der Waals surface area contributed by atoms with Gasteiger partial charge in [-0.3, -0.25) is 9.10 Å². The largest absolute Gasteiger partial charge is 0.497 e. The number of hydrogen-bond donors (Lipinski definition) is 1. The fourth-order valence-electron chi connectivity index (χ4n) is 2.87. The summed E-state index contributed by atoms with van der Waals surface area (Å²) < 4.78 is 33.9. The average Bonchev–Trinajstić information content (AvgIpc) is 2.81. The van der Waals surface area contributed by atoms with Crippen LogP contribution in [-0.2, 0) is 14.8 Å². The maximum Gasteiger partial charge on any atom is 0.264 e. The SMILES string of the molecule is COc1ccc(S(=O)(=O)N(CC(=O)N/N=C(/C)c2cccc(I)c2)c2ccccc2)cc1. The molecule has 0 aliphatic carbocycles. The first-order valence-corrected chi connectivity index (χ1v) is 12.1. The molecule has 0 atom stereocenters. The van der Waals surface area contributed by atoms with Crippen molar-refractivity contribution < 1.29 is 17.9 Å². The van der Waals surface area contributed by atoms with Gasteiger partial charge in [0.25, 0.3) is 15.9 Å². The van der Waals surface area contributed by atoms with Gasteiger partial charge in [-0.15, -0.1) is 0 Å². The van der Waals surface area contributed by atoms with Crippen LogP contribution in [0.5, 0.6) is 5.75 Å². The van der Waals surface area contributed by atoms with Gasteiger partial charge in [0.05, 0.1) is 23.4 Å². The number of nitrogens with one attached hydrogen (secondary N) is 1. The van der Waals surface area contributed by atoms with Gasteiger partial charge in [0, 0.05) is 3.57 Å². The fourth-order valence-corrected chi connectivity index (χ4v) is 4.84. The van der Waals surface area contributed by atoms with Crippen LogP contribution in [0.25, 0.3) is 0 Å². The van der Waals surface area contributed by atoms with Gasteiger partial charge in [-0.05, 0) is 83.6 Å². The lowest BCUT2D eigenvalue weighted by Gasteiger charge is -2.23. The third-order valence-corrected chi connectivity index (χ3v) is 7.03. The first kappa shape index (κ1) is 23.7. The van der Waals surface area contributed by atoms with Crippen LogP contribution < -0.4 is 14.5 Å². The number of rotatable bonds is 8. The lowest BCUT2D eigenvalue weighted by Crippen LogP contribution is -2.39. The zero-order valence-electron chi connectivity index (χ0n) is 17.5. The van der Waals surface area contributed by atoms with Gasteiger partial charge in [-0.2, -0.15) is 5.10 Å². The Morgan fingerprint density at radius 3 is 2.34 bits per heavy atom. The first-order valence-electron chi connectivity index (χ1n) is 9.62. The van der Waals surface area contributed by atoms with E-state index in [0.29, 0.717) is 17.1 Å². The summed E-state index contributed by atoms with van der Waals surface area (Å²) in [5.41, 5.74) is 4.31. The highest BCUT2D eigenvalue weighted by molar-refractivity contribution is 14.1. The molecule has 1 amide bonds. The van der Waals surface area contributed by atoms with Crippen molar-refractivity contribution in [2.24, 2.45) is 5.10 Å². The molecule has 9 heteroatoms. The van der Waals surface area contributed by atoms with E-state index in [2.05, 4.69) is 33.1 Å². The summed E-state index contributed by atoms with van der Waals surface area (Å²) in [6.07, 6.45) is 0. The summed E-state index contributed by atoms with van der Waals surface area (Å²) in [5.74, 6) is -0.0238. The van der Waals surface area contributed by atoms with Crippen molar-refractivity contribution in [1.29, 1.82) is 0 Å². The molecule has 3 aromatic carbocycles. The summed E-state index contributed by atoms with van der Waals surface area (Å²) >= 11 is 2.20. The number of benzene rings is 3. The third kappa shape index (κ3) is 5.86. The minimum absolute atomic E-state index is 0.0495. The maximum atomic E-state index is 13.3. The number of hydrazone groups is 1. The fraction of sp³-hybridized carbons (Fsp3) is 0.130. The molecule has 32 heavy (non-hydrogen) atoms. The van der Waals surface area contributed by atoms with E-state index in [-0.39, 0.29) is 4.90 Å². The van der Waals surface area contributed by atoms with Crippen LogP contribution in [0.1, 0.15) is 12.5 Å². The molecule has 3 rings (SSSR count). The molecule has 0 unspecified atom stereocenters. The Morgan fingerprint density at radius 1 is 1.03 bits per heavy atom. The number of carbonyl (C=O) groups is 1. The second-order valence-corrected chi connectivity index (χ2v) is 9.87. The van der Waals surface area contributed by atoms with Crippen molar-refractivity contribution in [3.05, 3.63) is 88.0 Å². The number of nitrogens with zero attached hydrogens (tertiary/aromatic N) is 2. The molecule has 0 saturated carbocycles. The number of methoxy groups -OCH3 is 1. The van der Waals surface area contributed by atoms with Gasteiger partial charge in [-0.25, -0.2) is 13.8 Å². The topological polar surface area (TPSA) is 88.1 Å². The monoisotopic (exact) mass is 563 g/mol. The van der Waals surface area contributed by atoms with Crippen molar-refractivity contribution >= 4 is 49.9 Å². The Kier molecular flexibility index (Phi) is 7.86. The second-order valence-electron chi connectivity index (χ2n) is 6.77. The standard InChI is InChI=1S/C23H22IN3O4S/c1-17(18-7-6-8-19(24)15-18)25-26-23(28)16-27(20-9-4-3-5-10-20)32(29,30)22-13-11-21(31-2)12-14-22/h3-15H,16H2,1-2H3,(H,26,28)/b25-17-. The number of amides is 1. The molecule has 0 aliphatic rings. The summed E-state index contributed by atoms with van der Waals surface area (Å²) in [7, 11) is -2.50. The molecule has 1 N–H and O–H groups in total. The van der Waals surface area contributed by atoms with E-state index in [1.807, 2.05) is 24.3 Å². The van der Waals surface area contributed by atoms with Crippen molar-refractivity contribution in [3.8, 4) is 5.75 Å². The summed E-state index contributed by atoms with van der Waals surface area (Å²) in [6.45, 7) is 1.34. The Bertz CT molecular complexity index is 1210. The number of sulfonamides is 1. The molecule has 0 radical (unpaired) electrons. The normalized spacial score (nSPS) is 11.7. The molecular formula is C23H22IN3O4S. The lowest BCUT2D eigenvalue weighted by atomic mass is 10.1. The zero-order chi connectivity index (χ0) is 23.1. The number of anilines is 1. The molecule has 0 aliphatic heterocycles. The Labute approximate surface area is 201 Å². The van der Waals surface area contributed by atoms with Crippen molar-refractivity contribution in [2.75, 3.05) is 18.0 Å². The van der Waals surface area contributed by atoms with E-state index < -0.39 is 22.5 Å². The Hall–Kier alpha value is -2.92. The second kappa shape index (κ2) is 10.6. The van der Waals surface area contributed by atoms with E-state index in [4.69, 9.17) is 4.74 Å². The quantitative estimate of drug-likeness (QED) is 0.255. The van der Waals surface area contributed by atoms with E-state index in [0.717, 1.165) is 13.4 Å². The molecule has 166 valence electrons. The Balaban J connectivity index is 1.85. The summed E-state index contributed by atoms with van der Waals surface area (Å²) in [6, 6.07) is 22.2. The highest BCUT2D eigenvalue weighted by Crippen LogP contribution is 2.24. The summed E-state index contributed by atoms with van der Waals surface area (Å²) in [4.78, 5) is 12.7. The van der Waals surface area contributed by atoms with Crippen LogP contribution in [0.3, 0.4) is 0 Å². The van der Waals surface area contributed by atoms with Gasteiger partial charge < -0.3 is 4.74 Å². The molecule has 0 saturated heterocycles. The van der Waals surface area contributed by atoms with Crippen LogP contribution in [0.15, 0.2) is 88.9 Å². The van der Waals surface area contributed by atoms with Crippen molar-refractivity contribution in [2.45, 2.75) is 11.8 Å².